The molecule has 0 radical (unpaired) electrons. The Morgan fingerprint density at radius 2 is 2.17 bits per heavy atom. The van der Waals surface area contributed by atoms with Gasteiger partial charge in [0.25, 0.3) is 0 Å². The van der Waals surface area contributed by atoms with Crippen molar-refractivity contribution in [1.29, 1.82) is 0 Å². The summed E-state index contributed by atoms with van der Waals surface area (Å²) in [5.41, 5.74) is -0.505. The van der Waals surface area contributed by atoms with Crippen LogP contribution in [0.3, 0.4) is 0 Å². The lowest BCUT2D eigenvalue weighted by molar-refractivity contribution is 0.00771. The molecule has 0 aliphatic carbocycles. The summed E-state index contributed by atoms with van der Waals surface area (Å²) >= 11 is 0. The van der Waals surface area contributed by atoms with E-state index < -0.39 is 11.6 Å². The molecule has 0 unspecified atom stereocenters. The van der Waals surface area contributed by atoms with E-state index in [0.29, 0.717) is 18.9 Å². The van der Waals surface area contributed by atoms with Gasteiger partial charge < -0.3 is 14.9 Å². The first-order valence-electron chi connectivity index (χ1n) is 6.57. The Hall–Kier alpha value is -0.810. The lowest BCUT2D eigenvalue weighted by Gasteiger charge is -2.40. The number of aliphatic hydroxyl groups is 1. The standard InChI is InChI=1S/C13H25NO4/c1-13(2,3)14(12(16)17)11(8-15)7-10-5-4-6-18-9-10/h10-11,15H,4-9H2,1-3H3,(H,16,17)/t10-,11+/m1/s1. The number of hydrogen-bond donors (Lipinski definition) is 2. The Balaban J connectivity index is 2.69. The first-order chi connectivity index (χ1) is 8.36. The number of aliphatic hydroxyl groups excluding tert-OH is 1. The van der Waals surface area contributed by atoms with Crippen molar-refractivity contribution in [2.75, 3.05) is 19.8 Å². The summed E-state index contributed by atoms with van der Waals surface area (Å²) < 4.78 is 5.41. The molecule has 5 nitrogen and oxygen atoms in total. The predicted octanol–water partition coefficient (Wildman–Crippen LogP) is 1.94. The van der Waals surface area contributed by atoms with Gasteiger partial charge in [-0.1, -0.05) is 0 Å². The molecule has 0 bridgehead atoms. The zero-order valence-electron chi connectivity index (χ0n) is 11.6. The number of nitrogens with zero attached hydrogens (tertiary/aromatic N) is 1. The summed E-state index contributed by atoms with van der Waals surface area (Å²) in [6.45, 7) is 6.87. The van der Waals surface area contributed by atoms with Gasteiger partial charge in [-0.3, -0.25) is 4.90 Å². The van der Waals surface area contributed by atoms with E-state index in [-0.39, 0.29) is 12.6 Å². The number of amides is 1. The van der Waals surface area contributed by atoms with Crippen molar-refractivity contribution in [1.82, 2.24) is 4.90 Å². The number of ether oxygens (including phenoxy) is 1. The fourth-order valence-corrected chi connectivity index (χ4v) is 2.63. The third-order valence-electron chi connectivity index (χ3n) is 3.36. The summed E-state index contributed by atoms with van der Waals surface area (Å²) in [7, 11) is 0. The Morgan fingerprint density at radius 1 is 1.50 bits per heavy atom. The summed E-state index contributed by atoms with van der Waals surface area (Å²) in [6.07, 6.45) is 1.76. The fraction of sp³-hybridized carbons (Fsp3) is 0.923. The minimum Gasteiger partial charge on any atom is -0.465 e. The van der Waals surface area contributed by atoms with Crippen LogP contribution in [0.1, 0.15) is 40.0 Å². The minimum atomic E-state index is -0.974. The second-order valence-corrected chi connectivity index (χ2v) is 5.98. The number of carbonyl (C=O) groups is 1. The highest BCUT2D eigenvalue weighted by molar-refractivity contribution is 5.66. The zero-order chi connectivity index (χ0) is 13.8. The fourth-order valence-electron chi connectivity index (χ4n) is 2.63. The molecule has 0 spiro atoms. The van der Waals surface area contributed by atoms with E-state index in [1.165, 1.54) is 4.90 Å². The van der Waals surface area contributed by atoms with Crippen LogP contribution in [0.25, 0.3) is 0 Å². The summed E-state index contributed by atoms with van der Waals surface area (Å²) in [4.78, 5) is 12.7. The van der Waals surface area contributed by atoms with Gasteiger partial charge in [-0.2, -0.15) is 0 Å². The highest BCUT2D eigenvalue weighted by atomic mass is 16.5. The molecule has 2 N–H and O–H groups in total. The molecule has 1 aliphatic heterocycles. The van der Waals surface area contributed by atoms with Gasteiger partial charge in [0.1, 0.15) is 0 Å². The Bertz CT molecular complexity index is 269. The largest absolute Gasteiger partial charge is 0.465 e. The first-order valence-corrected chi connectivity index (χ1v) is 6.57. The quantitative estimate of drug-likeness (QED) is 0.809. The third kappa shape index (κ3) is 4.14. The maximum absolute atomic E-state index is 11.4. The molecule has 18 heavy (non-hydrogen) atoms. The van der Waals surface area contributed by atoms with Crippen molar-refractivity contribution in [3.05, 3.63) is 0 Å². The second kappa shape index (κ2) is 6.38. The van der Waals surface area contributed by atoms with Crippen LogP contribution < -0.4 is 0 Å². The molecule has 1 heterocycles. The summed E-state index contributed by atoms with van der Waals surface area (Å²) in [5.74, 6) is 0.347. The Labute approximate surface area is 109 Å². The number of hydrogen-bond acceptors (Lipinski definition) is 3. The lowest BCUT2D eigenvalue weighted by Crippen LogP contribution is -2.53. The van der Waals surface area contributed by atoms with Crippen LogP contribution in [0.15, 0.2) is 0 Å². The molecule has 0 aromatic carbocycles. The smallest absolute Gasteiger partial charge is 0.408 e. The van der Waals surface area contributed by atoms with Gasteiger partial charge in [-0.05, 0) is 46.0 Å². The SMILES string of the molecule is CC(C)(C)N(C(=O)O)[C@H](CO)C[C@H]1CCCOC1. The van der Waals surface area contributed by atoms with Gasteiger partial charge >= 0.3 is 6.09 Å². The molecular formula is C13H25NO4. The summed E-state index contributed by atoms with van der Waals surface area (Å²) in [5, 5.41) is 18.8. The molecule has 1 amide bonds. The predicted molar refractivity (Wildman–Crippen MR) is 68.7 cm³/mol. The van der Waals surface area contributed by atoms with Crippen LogP contribution in [0.4, 0.5) is 4.79 Å². The molecule has 0 aromatic heterocycles. The molecule has 1 fully saturated rings. The summed E-state index contributed by atoms with van der Waals surface area (Å²) in [6, 6.07) is -0.353. The van der Waals surface area contributed by atoms with E-state index in [1.54, 1.807) is 0 Å². The van der Waals surface area contributed by atoms with Crippen LogP contribution in [0.2, 0.25) is 0 Å². The average molecular weight is 259 g/mol. The molecule has 1 saturated heterocycles. The van der Waals surface area contributed by atoms with Gasteiger partial charge in [-0.15, -0.1) is 0 Å². The topological polar surface area (TPSA) is 70.0 Å². The molecule has 106 valence electrons. The van der Waals surface area contributed by atoms with Crippen molar-refractivity contribution in [2.24, 2.45) is 5.92 Å². The van der Waals surface area contributed by atoms with Crippen molar-refractivity contribution in [2.45, 2.75) is 51.6 Å². The molecule has 2 atom stereocenters. The van der Waals surface area contributed by atoms with E-state index in [9.17, 15) is 15.0 Å². The van der Waals surface area contributed by atoms with Crippen LogP contribution in [-0.4, -0.2) is 52.6 Å². The molecule has 5 heteroatoms. The maximum atomic E-state index is 11.4. The molecule has 0 aromatic rings. The van der Waals surface area contributed by atoms with Gasteiger partial charge in [0.15, 0.2) is 0 Å². The molecule has 1 rings (SSSR count). The zero-order valence-corrected chi connectivity index (χ0v) is 11.6. The van der Waals surface area contributed by atoms with Crippen LogP contribution in [0.5, 0.6) is 0 Å². The van der Waals surface area contributed by atoms with Crippen LogP contribution in [-0.2, 0) is 4.74 Å². The maximum Gasteiger partial charge on any atom is 0.408 e. The molecule has 0 saturated carbocycles. The molecule has 1 aliphatic rings. The van der Waals surface area contributed by atoms with Gasteiger partial charge in [0.05, 0.1) is 12.6 Å². The van der Waals surface area contributed by atoms with E-state index in [0.717, 1.165) is 19.4 Å². The van der Waals surface area contributed by atoms with Crippen molar-refractivity contribution < 1.29 is 19.7 Å². The van der Waals surface area contributed by atoms with Crippen molar-refractivity contribution in [3.63, 3.8) is 0 Å². The van der Waals surface area contributed by atoms with E-state index in [1.807, 2.05) is 20.8 Å². The van der Waals surface area contributed by atoms with E-state index in [4.69, 9.17) is 4.74 Å². The normalized spacial score (nSPS) is 22.6. The van der Waals surface area contributed by atoms with Crippen molar-refractivity contribution >= 4 is 6.09 Å². The Kier molecular flexibility index (Phi) is 5.41. The molecular weight excluding hydrogens is 234 g/mol. The average Bonchev–Trinajstić information content (AvgIpc) is 2.27. The van der Waals surface area contributed by atoms with E-state index >= 15 is 0 Å². The van der Waals surface area contributed by atoms with Gasteiger partial charge in [0, 0.05) is 18.8 Å². The third-order valence-corrected chi connectivity index (χ3v) is 3.36. The van der Waals surface area contributed by atoms with Crippen molar-refractivity contribution in [3.8, 4) is 0 Å². The minimum absolute atomic E-state index is 0.139. The van der Waals surface area contributed by atoms with Gasteiger partial charge in [0.2, 0.25) is 0 Å². The monoisotopic (exact) mass is 259 g/mol. The second-order valence-electron chi connectivity index (χ2n) is 5.98. The van der Waals surface area contributed by atoms with Gasteiger partial charge in [-0.25, -0.2) is 4.79 Å². The Morgan fingerprint density at radius 3 is 2.56 bits per heavy atom. The first kappa shape index (κ1) is 15.2. The van der Waals surface area contributed by atoms with Crippen LogP contribution >= 0.6 is 0 Å². The highest BCUT2D eigenvalue weighted by Crippen LogP contribution is 2.25. The number of rotatable bonds is 4. The highest BCUT2D eigenvalue weighted by Gasteiger charge is 2.34. The lowest BCUT2D eigenvalue weighted by atomic mass is 9.92. The number of carboxylic acid groups (broad SMARTS) is 1. The van der Waals surface area contributed by atoms with E-state index in [2.05, 4.69) is 0 Å². The van der Waals surface area contributed by atoms with Crippen LogP contribution in [0, 0.1) is 5.92 Å².